The Morgan fingerprint density at radius 1 is 1.64 bits per heavy atom. The molecule has 0 fully saturated rings. The van der Waals surface area contributed by atoms with Crippen LogP contribution in [0.15, 0.2) is 36.0 Å². The number of allylic oxidation sites excluding steroid dienone is 5. The van der Waals surface area contributed by atoms with Crippen LogP contribution in [0.3, 0.4) is 0 Å². The van der Waals surface area contributed by atoms with Crippen LogP contribution in [0.2, 0.25) is 0 Å². The lowest BCUT2D eigenvalue weighted by molar-refractivity contribution is 0.479. The van der Waals surface area contributed by atoms with Crippen molar-refractivity contribution < 1.29 is 0 Å². The molecular weight excluding hydrogens is 168 g/mol. The van der Waals surface area contributed by atoms with Crippen LogP contribution < -0.4 is 0 Å². The van der Waals surface area contributed by atoms with E-state index >= 15 is 0 Å². The van der Waals surface area contributed by atoms with Gasteiger partial charge in [-0.2, -0.15) is 0 Å². The lowest BCUT2D eigenvalue weighted by atomic mass is 9.82. The van der Waals surface area contributed by atoms with Gasteiger partial charge in [0.05, 0.1) is 5.57 Å². The fourth-order valence-corrected chi connectivity index (χ4v) is 1.51. The van der Waals surface area contributed by atoms with Crippen LogP contribution in [0.1, 0.15) is 33.6 Å². The lowest BCUT2D eigenvalue weighted by Gasteiger charge is -2.23. The maximum atomic E-state index is 3.89. The Morgan fingerprint density at radius 3 is 2.71 bits per heavy atom. The first-order valence-corrected chi connectivity index (χ1v) is 5.30. The van der Waals surface area contributed by atoms with Crippen molar-refractivity contribution >= 4 is 0 Å². The minimum absolute atomic E-state index is 0.341. The smallest absolute Gasteiger partial charge is 0.0805 e. The monoisotopic (exact) mass is 189 g/mol. The van der Waals surface area contributed by atoms with Gasteiger partial charge >= 0.3 is 0 Å². The predicted molar refractivity (Wildman–Crippen MR) is 63.9 cm³/mol. The van der Waals surface area contributed by atoms with Crippen LogP contribution in [0.4, 0.5) is 0 Å². The summed E-state index contributed by atoms with van der Waals surface area (Å²) in [5.74, 6) is 0.493. The summed E-state index contributed by atoms with van der Waals surface area (Å²) in [4.78, 5) is 0. The molecule has 0 aromatic carbocycles. The Balaban J connectivity index is 2.54. The molecule has 0 aromatic rings. The first-order chi connectivity index (χ1) is 6.41. The molecule has 0 spiro atoms. The van der Waals surface area contributed by atoms with Crippen molar-refractivity contribution in [2.24, 2.45) is 11.3 Å². The Bertz CT molecular complexity index is 276. The van der Waals surface area contributed by atoms with E-state index in [0.717, 1.165) is 18.4 Å². The van der Waals surface area contributed by atoms with E-state index in [9.17, 15) is 0 Å². The topological polar surface area (TPSA) is 0 Å². The van der Waals surface area contributed by atoms with Gasteiger partial charge in [-0.15, -0.1) is 0 Å². The standard InChI is InChI=1S/C14H21/c1-11(2)12(3)10-13-6-8-14(4,5)9-7-13/h6-8,12H,1-2,9-10H2,3-5H3/q+1. The molecule has 1 aliphatic rings. The molecule has 0 heteroatoms. The summed E-state index contributed by atoms with van der Waals surface area (Å²) < 4.78 is 0. The van der Waals surface area contributed by atoms with Gasteiger partial charge in [-0.1, -0.05) is 44.6 Å². The van der Waals surface area contributed by atoms with Crippen molar-refractivity contribution in [1.82, 2.24) is 0 Å². The van der Waals surface area contributed by atoms with Crippen molar-refractivity contribution in [1.29, 1.82) is 0 Å². The average Bonchev–Trinajstić information content (AvgIpc) is 2.08. The number of hydrogen-bond acceptors (Lipinski definition) is 0. The molecule has 0 aromatic heterocycles. The van der Waals surface area contributed by atoms with Gasteiger partial charge in [0.2, 0.25) is 0 Å². The highest BCUT2D eigenvalue weighted by Crippen LogP contribution is 2.31. The van der Waals surface area contributed by atoms with E-state index in [-0.39, 0.29) is 0 Å². The summed E-state index contributed by atoms with van der Waals surface area (Å²) in [5, 5.41) is 0. The van der Waals surface area contributed by atoms with E-state index in [1.807, 2.05) is 0 Å². The second kappa shape index (κ2) is 4.08. The highest BCUT2D eigenvalue weighted by molar-refractivity contribution is 5.27. The molecule has 0 radical (unpaired) electrons. The van der Waals surface area contributed by atoms with Gasteiger partial charge in [-0.05, 0) is 18.3 Å². The Hall–Kier alpha value is -0.910. The van der Waals surface area contributed by atoms with Gasteiger partial charge in [0, 0.05) is 19.4 Å². The largest absolute Gasteiger partial charge is 0.0995 e. The zero-order chi connectivity index (χ0) is 10.8. The van der Waals surface area contributed by atoms with Crippen molar-refractivity contribution in [3.63, 3.8) is 0 Å². The second-order valence-electron chi connectivity index (χ2n) is 5.07. The van der Waals surface area contributed by atoms with E-state index < -0.39 is 0 Å². The molecule has 0 nitrogen and oxygen atoms in total. The maximum absolute atomic E-state index is 3.89. The Morgan fingerprint density at radius 2 is 2.29 bits per heavy atom. The molecule has 1 atom stereocenters. The van der Waals surface area contributed by atoms with Gasteiger partial charge < -0.3 is 0 Å². The highest BCUT2D eigenvalue weighted by atomic mass is 14.2. The van der Waals surface area contributed by atoms with Crippen LogP contribution in [0.25, 0.3) is 0 Å². The predicted octanol–water partition coefficient (Wildman–Crippen LogP) is 4.32. The summed E-state index contributed by atoms with van der Waals surface area (Å²) >= 11 is 0. The van der Waals surface area contributed by atoms with Crippen LogP contribution in [-0.2, 0) is 0 Å². The van der Waals surface area contributed by atoms with Crippen LogP contribution in [-0.4, -0.2) is 0 Å². The SMILES string of the molecule is C=C([CH2+])C(C)CC1=CCC(C)(C)C=C1. The molecular formula is C14H21+. The summed E-state index contributed by atoms with van der Waals surface area (Å²) in [6.07, 6.45) is 9.13. The third-order valence-corrected chi connectivity index (χ3v) is 2.88. The highest BCUT2D eigenvalue weighted by Gasteiger charge is 2.17. The van der Waals surface area contributed by atoms with E-state index in [1.165, 1.54) is 5.57 Å². The summed E-state index contributed by atoms with van der Waals surface area (Å²) in [5.41, 5.74) is 2.81. The molecule has 0 N–H and O–H groups in total. The maximum Gasteiger partial charge on any atom is 0.0995 e. The van der Waals surface area contributed by atoms with Gasteiger partial charge in [-0.3, -0.25) is 0 Å². The molecule has 0 bridgehead atoms. The van der Waals surface area contributed by atoms with Crippen molar-refractivity contribution in [2.45, 2.75) is 33.6 Å². The molecule has 0 amide bonds. The molecule has 0 saturated carbocycles. The van der Waals surface area contributed by atoms with E-state index in [4.69, 9.17) is 0 Å². The molecule has 0 aliphatic heterocycles. The van der Waals surface area contributed by atoms with Crippen molar-refractivity contribution in [2.75, 3.05) is 0 Å². The third-order valence-electron chi connectivity index (χ3n) is 2.88. The average molecular weight is 189 g/mol. The second-order valence-corrected chi connectivity index (χ2v) is 5.07. The van der Waals surface area contributed by atoms with Crippen molar-refractivity contribution in [3.05, 3.63) is 42.9 Å². The zero-order valence-corrected chi connectivity index (χ0v) is 9.64. The van der Waals surface area contributed by atoms with Crippen LogP contribution in [0.5, 0.6) is 0 Å². The normalized spacial score (nSPS) is 21.5. The molecule has 14 heavy (non-hydrogen) atoms. The number of hydrogen-bond donors (Lipinski definition) is 0. The minimum atomic E-state index is 0.341. The quantitative estimate of drug-likeness (QED) is 0.580. The first-order valence-electron chi connectivity index (χ1n) is 5.30. The van der Waals surface area contributed by atoms with Gasteiger partial charge in [0.1, 0.15) is 0 Å². The van der Waals surface area contributed by atoms with Crippen LogP contribution >= 0.6 is 0 Å². The summed E-state index contributed by atoms with van der Waals surface area (Å²) in [6, 6.07) is 0. The molecule has 76 valence electrons. The molecule has 1 rings (SSSR count). The van der Waals surface area contributed by atoms with E-state index in [0.29, 0.717) is 11.3 Å². The number of rotatable bonds is 3. The summed E-state index contributed by atoms with van der Waals surface area (Å²) in [6.45, 7) is 14.5. The fraction of sp³-hybridized carbons (Fsp3) is 0.500. The Kier molecular flexibility index (Phi) is 3.25. The lowest BCUT2D eigenvalue weighted by Crippen LogP contribution is -2.10. The van der Waals surface area contributed by atoms with E-state index in [2.05, 4.69) is 52.5 Å². The fourth-order valence-electron chi connectivity index (χ4n) is 1.51. The Labute approximate surface area is 88.4 Å². The first kappa shape index (κ1) is 11.2. The van der Waals surface area contributed by atoms with Crippen LogP contribution in [0, 0.1) is 18.3 Å². The molecule has 0 heterocycles. The van der Waals surface area contributed by atoms with Crippen molar-refractivity contribution in [3.8, 4) is 0 Å². The molecule has 1 unspecified atom stereocenters. The molecule has 1 aliphatic carbocycles. The van der Waals surface area contributed by atoms with E-state index in [1.54, 1.807) is 0 Å². The third kappa shape index (κ3) is 3.10. The zero-order valence-electron chi connectivity index (χ0n) is 9.64. The summed E-state index contributed by atoms with van der Waals surface area (Å²) in [7, 11) is 0. The van der Waals surface area contributed by atoms with Gasteiger partial charge in [-0.25, -0.2) is 0 Å². The minimum Gasteiger partial charge on any atom is -0.0805 e. The van der Waals surface area contributed by atoms with Gasteiger partial charge in [0.25, 0.3) is 0 Å². The van der Waals surface area contributed by atoms with Gasteiger partial charge in [0.15, 0.2) is 0 Å². The molecule has 0 saturated heterocycles.